The number of nitrogens with one attached hydrogen (secondary N) is 3. The number of benzene rings is 1. The van der Waals surface area contributed by atoms with Crippen LogP contribution in [-0.2, 0) is 4.74 Å². The van der Waals surface area contributed by atoms with Crippen molar-refractivity contribution in [2.24, 2.45) is 0 Å². The van der Waals surface area contributed by atoms with Crippen LogP contribution in [0.25, 0.3) is 0 Å². The predicted molar refractivity (Wildman–Crippen MR) is 72.2 cm³/mol. The van der Waals surface area contributed by atoms with E-state index in [1.54, 1.807) is 0 Å². The maximum absolute atomic E-state index is 12.0. The number of amides is 1. The van der Waals surface area contributed by atoms with Gasteiger partial charge in [-0.1, -0.05) is 6.07 Å². The molecule has 5 heteroatoms. The minimum atomic E-state index is -0.0669. The summed E-state index contributed by atoms with van der Waals surface area (Å²) in [4.78, 5) is 12.0. The van der Waals surface area contributed by atoms with E-state index in [0.717, 1.165) is 24.5 Å². The highest BCUT2D eigenvalue weighted by Crippen LogP contribution is 2.27. The lowest BCUT2D eigenvalue weighted by Gasteiger charge is -2.22. The number of ether oxygens (including phenoxy) is 1. The zero-order valence-corrected chi connectivity index (χ0v) is 10.6. The number of para-hydroxylation sites is 1. The van der Waals surface area contributed by atoms with Crippen LogP contribution in [0.3, 0.4) is 0 Å². The molecular weight excluding hydrogens is 230 g/mol. The lowest BCUT2D eigenvalue weighted by molar-refractivity contribution is 0.0923. The predicted octanol–water partition coefficient (Wildman–Crippen LogP) is 1.29. The molecular formula is C13H19N3O2. The van der Waals surface area contributed by atoms with Gasteiger partial charge < -0.3 is 20.7 Å². The largest absolute Gasteiger partial charge is 0.382 e. The molecule has 2 rings (SSSR count). The molecule has 3 N–H and O–H groups in total. The van der Waals surface area contributed by atoms with E-state index < -0.39 is 0 Å². The van der Waals surface area contributed by atoms with Gasteiger partial charge in [0.25, 0.3) is 5.91 Å². The van der Waals surface area contributed by atoms with Crippen LogP contribution in [0.15, 0.2) is 18.2 Å². The minimum absolute atomic E-state index is 0.0669. The lowest BCUT2D eigenvalue weighted by Crippen LogP contribution is -2.30. The van der Waals surface area contributed by atoms with E-state index in [0.29, 0.717) is 25.3 Å². The molecule has 0 saturated heterocycles. The lowest BCUT2D eigenvalue weighted by atomic mass is 10.1. The number of carbonyl (C=O) groups excluding carboxylic acids is 1. The molecule has 1 aromatic rings. The Morgan fingerprint density at radius 2 is 2.22 bits per heavy atom. The van der Waals surface area contributed by atoms with Gasteiger partial charge in [-0.05, 0) is 19.1 Å². The first-order valence-corrected chi connectivity index (χ1v) is 6.29. The molecule has 0 aromatic heterocycles. The Kier molecular flexibility index (Phi) is 4.41. The zero-order chi connectivity index (χ0) is 12.8. The van der Waals surface area contributed by atoms with Gasteiger partial charge in [0.15, 0.2) is 0 Å². The molecule has 0 atom stereocenters. The molecule has 0 bridgehead atoms. The van der Waals surface area contributed by atoms with E-state index in [1.807, 2.05) is 25.1 Å². The van der Waals surface area contributed by atoms with E-state index in [4.69, 9.17) is 4.74 Å². The maximum Gasteiger partial charge on any atom is 0.253 e. The zero-order valence-electron chi connectivity index (χ0n) is 10.6. The Labute approximate surface area is 107 Å². The van der Waals surface area contributed by atoms with Gasteiger partial charge >= 0.3 is 0 Å². The summed E-state index contributed by atoms with van der Waals surface area (Å²) >= 11 is 0. The highest BCUT2D eigenvalue weighted by atomic mass is 16.5. The summed E-state index contributed by atoms with van der Waals surface area (Å²) in [5.41, 5.74) is 2.55. The van der Waals surface area contributed by atoms with Gasteiger partial charge in [0.2, 0.25) is 0 Å². The second-order valence-corrected chi connectivity index (χ2v) is 4.03. The Hall–Kier alpha value is -1.75. The van der Waals surface area contributed by atoms with Crippen LogP contribution in [-0.4, -0.2) is 38.8 Å². The fourth-order valence-corrected chi connectivity index (χ4v) is 1.94. The van der Waals surface area contributed by atoms with E-state index in [2.05, 4.69) is 16.0 Å². The second kappa shape index (κ2) is 6.26. The van der Waals surface area contributed by atoms with Crippen LogP contribution >= 0.6 is 0 Å². The van der Waals surface area contributed by atoms with E-state index in [9.17, 15) is 4.79 Å². The Morgan fingerprint density at radius 1 is 1.39 bits per heavy atom. The number of rotatable bonds is 5. The second-order valence-electron chi connectivity index (χ2n) is 4.03. The van der Waals surface area contributed by atoms with Crippen molar-refractivity contribution in [1.82, 2.24) is 5.32 Å². The highest BCUT2D eigenvalue weighted by molar-refractivity contribution is 6.02. The highest BCUT2D eigenvalue weighted by Gasteiger charge is 2.16. The number of fused-ring (bicyclic) bond motifs is 1. The first kappa shape index (κ1) is 12.7. The van der Waals surface area contributed by atoms with Crippen molar-refractivity contribution in [3.05, 3.63) is 23.8 Å². The molecule has 1 aromatic carbocycles. The van der Waals surface area contributed by atoms with Crippen LogP contribution in [0.2, 0.25) is 0 Å². The van der Waals surface area contributed by atoms with Crippen LogP contribution in [0.4, 0.5) is 11.4 Å². The molecule has 98 valence electrons. The monoisotopic (exact) mass is 249 g/mol. The molecule has 1 heterocycles. The van der Waals surface area contributed by atoms with Crippen molar-refractivity contribution in [3.8, 4) is 0 Å². The van der Waals surface area contributed by atoms with Crippen molar-refractivity contribution in [3.63, 3.8) is 0 Å². The molecule has 1 amide bonds. The quantitative estimate of drug-likeness (QED) is 0.688. The van der Waals surface area contributed by atoms with Gasteiger partial charge in [-0.3, -0.25) is 4.79 Å². The minimum Gasteiger partial charge on any atom is -0.382 e. The average molecular weight is 249 g/mol. The first-order valence-electron chi connectivity index (χ1n) is 6.29. The van der Waals surface area contributed by atoms with Crippen LogP contribution in [0.1, 0.15) is 17.3 Å². The van der Waals surface area contributed by atoms with Crippen molar-refractivity contribution >= 4 is 17.3 Å². The molecule has 1 aliphatic heterocycles. The van der Waals surface area contributed by atoms with E-state index in [1.165, 1.54) is 0 Å². The van der Waals surface area contributed by atoms with E-state index in [-0.39, 0.29) is 5.91 Å². The van der Waals surface area contributed by atoms with Crippen LogP contribution in [0, 0.1) is 0 Å². The van der Waals surface area contributed by atoms with Gasteiger partial charge in [-0.15, -0.1) is 0 Å². The summed E-state index contributed by atoms with van der Waals surface area (Å²) in [5.74, 6) is -0.0669. The van der Waals surface area contributed by atoms with Gasteiger partial charge in [0.1, 0.15) is 0 Å². The summed E-state index contributed by atoms with van der Waals surface area (Å²) in [6.07, 6.45) is 0. The van der Waals surface area contributed by atoms with Crippen molar-refractivity contribution in [2.45, 2.75) is 6.92 Å². The summed E-state index contributed by atoms with van der Waals surface area (Å²) in [6, 6.07) is 5.68. The maximum atomic E-state index is 12.0. The van der Waals surface area contributed by atoms with Crippen molar-refractivity contribution in [1.29, 1.82) is 0 Å². The smallest absolute Gasteiger partial charge is 0.253 e. The van der Waals surface area contributed by atoms with Gasteiger partial charge in [-0.25, -0.2) is 0 Å². The first-order chi connectivity index (χ1) is 8.83. The van der Waals surface area contributed by atoms with E-state index >= 15 is 0 Å². The SMILES string of the molecule is CCOCCNC(=O)c1cccc2c1NCCN2. The molecule has 0 radical (unpaired) electrons. The normalized spacial score (nSPS) is 13.2. The molecule has 0 spiro atoms. The number of anilines is 2. The third-order valence-electron chi connectivity index (χ3n) is 2.79. The average Bonchev–Trinajstić information content (AvgIpc) is 2.43. The number of carbonyl (C=O) groups is 1. The third kappa shape index (κ3) is 2.92. The molecule has 0 unspecified atom stereocenters. The van der Waals surface area contributed by atoms with Crippen LogP contribution < -0.4 is 16.0 Å². The fourth-order valence-electron chi connectivity index (χ4n) is 1.94. The number of hydrogen-bond acceptors (Lipinski definition) is 4. The topological polar surface area (TPSA) is 62.4 Å². The summed E-state index contributed by atoms with van der Waals surface area (Å²) in [5, 5.41) is 9.38. The molecule has 0 fully saturated rings. The summed E-state index contributed by atoms with van der Waals surface area (Å²) in [7, 11) is 0. The molecule has 1 aliphatic rings. The van der Waals surface area contributed by atoms with Gasteiger partial charge in [0.05, 0.1) is 23.5 Å². The fraction of sp³-hybridized carbons (Fsp3) is 0.462. The number of hydrogen-bond donors (Lipinski definition) is 3. The molecule has 0 saturated carbocycles. The molecule has 0 aliphatic carbocycles. The van der Waals surface area contributed by atoms with Gasteiger partial charge in [-0.2, -0.15) is 0 Å². The summed E-state index contributed by atoms with van der Waals surface area (Å²) < 4.78 is 5.19. The standard InChI is InChI=1S/C13H19N3O2/c1-2-18-9-8-16-13(17)10-4-3-5-11-12(10)15-7-6-14-11/h3-5,14-15H,2,6-9H2,1H3,(H,16,17). The Morgan fingerprint density at radius 3 is 3.06 bits per heavy atom. The van der Waals surface area contributed by atoms with Crippen molar-refractivity contribution < 1.29 is 9.53 Å². The molecule has 18 heavy (non-hydrogen) atoms. The Balaban J connectivity index is 2.01. The molecule has 5 nitrogen and oxygen atoms in total. The van der Waals surface area contributed by atoms with Gasteiger partial charge in [0, 0.05) is 26.2 Å². The van der Waals surface area contributed by atoms with Crippen molar-refractivity contribution in [2.75, 3.05) is 43.5 Å². The summed E-state index contributed by atoms with van der Waals surface area (Å²) in [6.45, 7) is 5.39. The van der Waals surface area contributed by atoms with Crippen LogP contribution in [0.5, 0.6) is 0 Å². The Bertz CT molecular complexity index is 421. The third-order valence-corrected chi connectivity index (χ3v) is 2.79.